The van der Waals surface area contributed by atoms with Gasteiger partial charge in [-0.1, -0.05) is 12.1 Å². The molecule has 1 saturated carbocycles. The highest BCUT2D eigenvalue weighted by Gasteiger charge is 2.48. The van der Waals surface area contributed by atoms with Crippen molar-refractivity contribution in [2.75, 3.05) is 6.61 Å². The van der Waals surface area contributed by atoms with Crippen molar-refractivity contribution in [3.05, 3.63) is 29.8 Å². The topological polar surface area (TPSA) is 69.7 Å². The highest BCUT2D eigenvalue weighted by atomic mass is 32.2. The fraction of sp³-hybridized carbons (Fsp3) is 0.562. The van der Waals surface area contributed by atoms with Gasteiger partial charge in [-0.15, -0.1) is 0 Å². The molecule has 1 aliphatic carbocycles. The smallest absolute Gasteiger partial charge is 0.466 e. The Morgan fingerprint density at radius 3 is 2.16 bits per heavy atom. The molecule has 0 N–H and O–H groups in total. The normalized spacial score (nSPS) is 21.6. The summed E-state index contributed by atoms with van der Waals surface area (Å²) >= 11 is 0. The minimum Gasteiger partial charge on any atom is -0.466 e. The van der Waals surface area contributed by atoms with E-state index in [1.54, 1.807) is 12.1 Å². The van der Waals surface area contributed by atoms with Gasteiger partial charge in [-0.05, 0) is 55.2 Å². The fourth-order valence-electron chi connectivity index (χ4n) is 2.87. The molecule has 0 bridgehead atoms. The van der Waals surface area contributed by atoms with E-state index in [-0.39, 0.29) is 17.6 Å². The molecule has 0 radical (unpaired) electrons. The molecule has 0 saturated heterocycles. The van der Waals surface area contributed by atoms with Crippen LogP contribution in [0.3, 0.4) is 0 Å². The minimum atomic E-state index is -5.65. The van der Waals surface area contributed by atoms with Crippen LogP contribution in [0.1, 0.15) is 44.1 Å². The van der Waals surface area contributed by atoms with Crippen LogP contribution >= 0.6 is 0 Å². The Labute approximate surface area is 144 Å². The Morgan fingerprint density at radius 2 is 1.68 bits per heavy atom. The van der Waals surface area contributed by atoms with E-state index in [4.69, 9.17) is 4.74 Å². The van der Waals surface area contributed by atoms with Crippen LogP contribution in [-0.2, 0) is 19.6 Å². The van der Waals surface area contributed by atoms with Gasteiger partial charge in [0.05, 0.1) is 6.61 Å². The number of alkyl halides is 3. The maximum Gasteiger partial charge on any atom is 0.534 e. The number of hydrogen-bond donors (Lipinski definition) is 0. The van der Waals surface area contributed by atoms with Gasteiger partial charge >= 0.3 is 21.6 Å². The predicted octanol–water partition coefficient (Wildman–Crippen LogP) is 3.75. The molecule has 0 unspecified atom stereocenters. The van der Waals surface area contributed by atoms with Gasteiger partial charge in [0.15, 0.2) is 0 Å². The van der Waals surface area contributed by atoms with Gasteiger partial charge in [0.2, 0.25) is 0 Å². The lowest BCUT2D eigenvalue weighted by Crippen LogP contribution is -2.28. The molecule has 1 aromatic rings. The van der Waals surface area contributed by atoms with Crippen LogP contribution in [0, 0.1) is 5.92 Å². The average molecular weight is 380 g/mol. The first-order chi connectivity index (χ1) is 11.6. The van der Waals surface area contributed by atoms with Crippen molar-refractivity contribution in [3.63, 3.8) is 0 Å². The van der Waals surface area contributed by atoms with E-state index < -0.39 is 15.6 Å². The molecule has 0 amide bonds. The van der Waals surface area contributed by atoms with Gasteiger partial charge in [-0.3, -0.25) is 4.79 Å². The molecule has 25 heavy (non-hydrogen) atoms. The second kappa shape index (κ2) is 7.63. The first-order valence-corrected chi connectivity index (χ1v) is 9.23. The first-order valence-electron chi connectivity index (χ1n) is 7.82. The molecular weight excluding hydrogens is 361 g/mol. The van der Waals surface area contributed by atoms with E-state index >= 15 is 0 Å². The fourth-order valence-corrected chi connectivity index (χ4v) is 3.33. The third-order valence-corrected chi connectivity index (χ3v) is 5.19. The molecule has 1 fully saturated rings. The van der Waals surface area contributed by atoms with Gasteiger partial charge in [-0.2, -0.15) is 21.6 Å². The molecule has 0 atom stereocenters. The monoisotopic (exact) mass is 380 g/mol. The number of halogens is 3. The highest BCUT2D eigenvalue weighted by molar-refractivity contribution is 7.88. The van der Waals surface area contributed by atoms with E-state index in [9.17, 15) is 26.4 Å². The zero-order valence-corrected chi connectivity index (χ0v) is 14.4. The Kier molecular flexibility index (Phi) is 5.97. The number of benzene rings is 1. The standard InChI is InChI=1S/C16H19F3O5S/c1-11(20)23-10-12-2-4-13(5-3-12)14-6-8-15(9-7-14)24-25(21,22)16(17,18)19/h6-9,12-13H,2-5,10H2,1H3. The zero-order valence-electron chi connectivity index (χ0n) is 13.6. The highest BCUT2D eigenvalue weighted by Crippen LogP contribution is 2.36. The molecule has 1 aliphatic rings. The summed E-state index contributed by atoms with van der Waals surface area (Å²) in [6.45, 7) is 1.78. The molecule has 0 aliphatic heterocycles. The summed E-state index contributed by atoms with van der Waals surface area (Å²) in [4.78, 5) is 10.8. The van der Waals surface area contributed by atoms with Crippen molar-refractivity contribution in [2.45, 2.75) is 44.0 Å². The van der Waals surface area contributed by atoms with Crippen LogP contribution in [0.15, 0.2) is 24.3 Å². The molecule has 0 spiro atoms. The second-order valence-corrected chi connectivity index (χ2v) is 7.61. The van der Waals surface area contributed by atoms with E-state index in [0.29, 0.717) is 12.5 Å². The summed E-state index contributed by atoms with van der Waals surface area (Å²) < 4.78 is 67.9. The van der Waals surface area contributed by atoms with Gasteiger partial charge in [-0.25, -0.2) is 0 Å². The third-order valence-electron chi connectivity index (χ3n) is 4.21. The van der Waals surface area contributed by atoms with Crippen LogP contribution in [-0.4, -0.2) is 26.5 Å². The largest absolute Gasteiger partial charge is 0.534 e. The number of hydrogen-bond acceptors (Lipinski definition) is 5. The SMILES string of the molecule is CC(=O)OCC1CCC(c2ccc(OS(=O)(=O)C(F)(F)F)cc2)CC1. The summed E-state index contributed by atoms with van der Waals surface area (Å²) in [5.41, 5.74) is -4.53. The molecular formula is C16H19F3O5S. The minimum absolute atomic E-state index is 0.238. The Balaban J connectivity index is 1.92. The summed E-state index contributed by atoms with van der Waals surface area (Å²) in [5, 5.41) is 0. The number of esters is 1. The van der Waals surface area contributed by atoms with E-state index in [2.05, 4.69) is 4.18 Å². The van der Waals surface area contributed by atoms with Gasteiger partial charge in [0, 0.05) is 6.92 Å². The van der Waals surface area contributed by atoms with Gasteiger partial charge in [0.25, 0.3) is 0 Å². The van der Waals surface area contributed by atoms with E-state index in [1.165, 1.54) is 19.1 Å². The molecule has 2 rings (SSSR count). The molecule has 0 aromatic heterocycles. The lowest BCUT2D eigenvalue weighted by Gasteiger charge is -2.28. The molecule has 0 heterocycles. The van der Waals surface area contributed by atoms with Crippen molar-refractivity contribution in [2.24, 2.45) is 5.92 Å². The van der Waals surface area contributed by atoms with Gasteiger partial charge < -0.3 is 8.92 Å². The lowest BCUT2D eigenvalue weighted by atomic mass is 9.79. The van der Waals surface area contributed by atoms with Crippen molar-refractivity contribution in [1.82, 2.24) is 0 Å². The maximum absolute atomic E-state index is 12.3. The third kappa shape index (κ3) is 5.35. The van der Waals surface area contributed by atoms with Crippen LogP contribution in [0.2, 0.25) is 0 Å². The van der Waals surface area contributed by atoms with Gasteiger partial charge in [0.1, 0.15) is 5.75 Å². The number of ether oxygens (including phenoxy) is 1. The predicted molar refractivity (Wildman–Crippen MR) is 83.4 cm³/mol. The average Bonchev–Trinajstić information content (AvgIpc) is 2.53. The van der Waals surface area contributed by atoms with Crippen molar-refractivity contribution >= 4 is 16.1 Å². The Bertz CT molecular complexity index is 689. The van der Waals surface area contributed by atoms with Crippen molar-refractivity contribution in [3.8, 4) is 5.75 Å². The molecule has 1 aromatic carbocycles. The molecule has 9 heteroatoms. The lowest BCUT2D eigenvalue weighted by molar-refractivity contribution is -0.142. The van der Waals surface area contributed by atoms with Crippen LogP contribution in [0.25, 0.3) is 0 Å². The summed E-state index contributed by atoms with van der Waals surface area (Å²) in [7, 11) is -5.65. The van der Waals surface area contributed by atoms with Crippen LogP contribution in [0.4, 0.5) is 13.2 Å². The Morgan fingerprint density at radius 1 is 1.12 bits per heavy atom. The molecule has 140 valence electrons. The zero-order chi connectivity index (χ0) is 18.7. The first kappa shape index (κ1) is 19.6. The second-order valence-electron chi connectivity index (χ2n) is 6.07. The molecule has 5 nitrogen and oxygen atoms in total. The van der Waals surface area contributed by atoms with Crippen LogP contribution < -0.4 is 4.18 Å². The summed E-state index contributed by atoms with van der Waals surface area (Å²) in [5.74, 6) is -0.113. The van der Waals surface area contributed by atoms with E-state index in [0.717, 1.165) is 31.2 Å². The Hall–Kier alpha value is -1.77. The number of carbonyl (C=O) groups excluding carboxylic acids is 1. The van der Waals surface area contributed by atoms with Crippen molar-refractivity contribution < 1.29 is 35.3 Å². The van der Waals surface area contributed by atoms with E-state index in [1.807, 2.05) is 0 Å². The summed E-state index contributed by atoms with van der Waals surface area (Å²) in [6.07, 6.45) is 3.51. The summed E-state index contributed by atoms with van der Waals surface area (Å²) in [6, 6.07) is 5.61. The number of carbonyl (C=O) groups is 1. The number of rotatable bonds is 5. The van der Waals surface area contributed by atoms with Crippen molar-refractivity contribution in [1.29, 1.82) is 0 Å². The maximum atomic E-state index is 12.3. The quantitative estimate of drug-likeness (QED) is 0.442. The van der Waals surface area contributed by atoms with Crippen LogP contribution in [0.5, 0.6) is 5.75 Å².